The number of fused-ring (bicyclic) bond motifs is 1. The summed E-state index contributed by atoms with van der Waals surface area (Å²) < 4.78 is 1.58. The number of nitrogens with zero attached hydrogens (tertiary/aromatic N) is 7. The van der Waals surface area contributed by atoms with Gasteiger partial charge in [-0.25, -0.2) is 9.97 Å². The molecule has 3 aromatic rings. The third-order valence-corrected chi connectivity index (χ3v) is 3.78. The highest BCUT2D eigenvalue weighted by Crippen LogP contribution is 2.20. The second-order valence-electron chi connectivity index (χ2n) is 5.41. The van der Waals surface area contributed by atoms with Gasteiger partial charge in [-0.15, -0.1) is 0 Å². The fourth-order valence-electron chi connectivity index (χ4n) is 2.70. The van der Waals surface area contributed by atoms with Crippen molar-refractivity contribution in [2.24, 2.45) is 0 Å². The number of rotatable bonds is 3. The van der Waals surface area contributed by atoms with Crippen LogP contribution in [0.5, 0.6) is 0 Å². The van der Waals surface area contributed by atoms with Gasteiger partial charge in [0.2, 0.25) is 5.95 Å². The van der Waals surface area contributed by atoms with Crippen LogP contribution in [0, 0.1) is 0 Å². The monoisotopic (exact) mass is 312 g/mol. The van der Waals surface area contributed by atoms with E-state index in [0.29, 0.717) is 24.1 Å². The molecule has 0 aliphatic carbocycles. The van der Waals surface area contributed by atoms with Gasteiger partial charge in [-0.2, -0.15) is 19.6 Å². The molecule has 118 valence electrons. The van der Waals surface area contributed by atoms with Gasteiger partial charge in [0.15, 0.2) is 0 Å². The Bertz CT molecular complexity index is 819. The first kappa shape index (κ1) is 13.8. The van der Waals surface area contributed by atoms with Crippen LogP contribution in [0.25, 0.3) is 5.78 Å². The third kappa shape index (κ3) is 2.78. The molecule has 1 saturated heterocycles. The molecular formula is C14H16N8O. The molecule has 1 aliphatic rings. The molecule has 0 amide bonds. The van der Waals surface area contributed by atoms with Crippen molar-refractivity contribution < 1.29 is 5.11 Å². The summed E-state index contributed by atoms with van der Waals surface area (Å²) in [6.07, 6.45) is 6.29. The van der Waals surface area contributed by atoms with Gasteiger partial charge in [0.1, 0.15) is 18.0 Å². The van der Waals surface area contributed by atoms with Crippen molar-refractivity contribution in [3.63, 3.8) is 0 Å². The van der Waals surface area contributed by atoms with Crippen LogP contribution < -0.4 is 10.2 Å². The van der Waals surface area contributed by atoms with Crippen molar-refractivity contribution in [2.45, 2.75) is 18.9 Å². The number of anilines is 3. The van der Waals surface area contributed by atoms with Gasteiger partial charge in [-0.1, -0.05) is 0 Å². The first-order chi connectivity index (χ1) is 11.3. The molecule has 1 aliphatic heterocycles. The zero-order valence-electron chi connectivity index (χ0n) is 12.4. The van der Waals surface area contributed by atoms with Gasteiger partial charge >= 0.3 is 0 Å². The highest BCUT2D eigenvalue weighted by Gasteiger charge is 2.19. The van der Waals surface area contributed by atoms with Crippen LogP contribution in [-0.2, 0) is 0 Å². The lowest BCUT2D eigenvalue weighted by atomic mass is 10.1. The summed E-state index contributed by atoms with van der Waals surface area (Å²) in [5.41, 5.74) is 0. The summed E-state index contributed by atoms with van der Waals surface area (Å²) in [6.45, 7) is 1.48. The first-order valence-corrected chi connectivity index (χ1v) is 7.47. The summed E-state index contributed by atoms with van der Waals surface area (Å²) >= 11 is 0. The number of aromatic nitrogens is 6. The number of hydrogen-bond acceptors (Lipinski definition) is 8. The molecule has 0 spiro atoms. The molecule has 4 rings (SSSR count). The molecule has 2 N–H and O–H groups in total. The van der Waals surface area contributed by atoms with Crippen LogP contribution in [0.3, 0.4) is 0 Å². The fourth-order valence-corrected chi connectivity index (χ4v) is 2.70. The van der Waals surface area contributed by atoms with Crippen LogP contribution in [-0.4, -0.2) is 53.9 Å². The second kappa shape index (κ2) is 5.76. The average molecular weight is 312 g/mol. The lowest BCUT2D eigenvalue weighted by molar-refractivity contribution is 0.154. The van der Waals surface area contributed by atoms with Crippen molar-refractivity contribution in [2.75, 3.05) is 23.3 Å². The minimum absolute atomic E-state index is 0.301. The minimum Gasteiger partial charge on any atom is -0.391 e. The lowest BCUT2D eigenvalue weighted by Gasteiger charge is -2.31. The zero-order chi connectivity index (χ0) is 15.6. The lowest BCUT2D eigenvalue weighted by Crippen LogP contribution is -2.38. The largest absolute Gasteiger partial charge is 0.391 e. The van der Waals surface area contributed by atoms with Gasteiger partial charge in [0.25, 0.3) is 5.78 Å². The van der Waals surface area contributed by atoms with Crippen molar-refractivity contribution in [1.29, 1.82) is 0 Å². The number of aliphatic hydroxyl groups is 1. The number of nitrogens with one attached hydrogen (secondary N) is 1. The molecule has 9 nitrogen and oxygen atoms in total. The maximum absolute atomic E-state index is 9.81. The predicted molar refractivity (Wildman–Crippen MR) is 83.6 cm³/mol. The number of piperidine rings is 1. The highest BCUT2D eigenvalue weighted by molar-refractivity contribution is 5.53. The van der Waals surface area contributed by atoms with E-state index in [1.54, 1.807) is 23.0 Å². The van der Waals surface area contributed by atoms with Crippen LogP contribution in [0.4, 0.5) is 17.6 Å². The van der Waals surface area contributed by atoms with Crippen molar-refractivity contribution >= 4 is 23.4 Å². The smallest absolute Gasteiger partial charge is 0.254 e. The highest BCUT2D eigenvalue weighted by atomic mass is 16.3. The maximum atomic E-state index is 9.81. The van der Waals surface area contributed by atoms with E-state index in [9.17, 15) is 5.11 Å². The Morgan fingerprint density at radius 2 is 2.09 bits per heavy atom. The Morgan fingerprint density at radius 1 is 1.17 bits per heavy atom. The molecule has 0 saturated carbocycles. The summed E-state index contributed by atoms with van der Waals surface area (Å²) in [5, 5.41) is 17.1. The number of β-amino-alcohol motifs (C(OH)–C–C–N with tert-alkyl or cyclic N) is 1. The molecule has 1 fully saturated rings. The van der Waals surface area contributed by atoms with Crippen molar-refractivity contribution in [1.82, 2.24) is 29.5 Å². The Labute approximate surface area is 132 Å². The number of hydrogen-bond donors (Lipinski definition) is 2. The van der Waals surface area contributed by atoms with Gasteiger partial charge in [-0.3, -0.25) is 0 Å². The van der Waals surface area contributed by atoms with E-state index in [1.165, 1.54) is 6.33 Å². The molecule has 23 heavy (non-hydrogen) atoms. The van der Waals surface area contributed by atoms with Crippen molar-refractivity contribution in [3.8, 4) is 0 Å². The van der Waals surface area contributed by atoms with Crippen LogP contribution in [0.2, 0.25) is 0 Å². The summed E-state index contributed by atoms with van der Waals surface area (Å²) in [7, 11) is 0. The maximum Gasteiger partial charge on any atom is 0.254 e. The average Bonchev–Trinajstić information content (AvgIpc) is 3.05. The molecule has 3 aromatic heterocycles. The Hall–Kier alpha value is -2.81. The van der Waals surface area contributed by atoms with Gasteiger partial charge in [0, 0.05) is 25.5 Å². The van der Waals surface area contributed by atoms with E-state index < -0.39 is 0 Å². The van der Waals surface area contributed by atoms with E-state index in [0.717, 1.165) is 25.2 Å². The van der Waals surface area contributed by atoms with E-state index >= 15 is 0 Å². The van der Waals surface area contributed by atoms with E-state index in [-0.39, 0.29) is 6.10 Å². The van der Waals surface area contributed by atoms with Crippen LogP contribution >= 0.6 is 0 Å². The fraction of sp³-hybridized carbons (Fsp3) is 0.357. The standard InChI is InChI=1S/C14H16N8O/c23-10-2-1-7-21(8-10)11-3-5-15-13(19-11)20-12-4-6-16-14-17-9-18-22(12)14/h3-6,9-10,23H,1-2,7-8H2,(H,15,19,20). The SMILES string of the molecule is OC1CCCN(c2ccnc(Nc3ccnc4ncnn34)n2)C1. The molecule has 1 atom stereocenters. The van der Waals surface area contributed by atoms with E-state index in [4.69, 9.17) is 0 Å². The minimum atomic E-state index is -0.301. The molecule has 0 aromatic carbocycles. The van der Waals surface area contributed by atoms with Crippen LogP contribution in [0.15, 0.2) is 30.9 Å². The molecule has 0 bridgehead atoms. The Morgan fingerprint density at radius 3 is 3.00 bits per heavy atom. The number of aliphatic hydroxyl groups excluding tert-OH is 1. The third-order valence-electron chi connectivity index (χ3n) is 3.78. The molecule has 1 unspecified atom stereocenters. The topological polar surface area (TPSA) is 104 Å². The quantitative estimate of drug-likeness (QED) is 0.725. The zero-order valence-corrected chi connectivity index (χ0v) is 12.4. The normalized spacial score (nSPS) is 18.3. The van der Waals surface area contributed by atoms with Crippen molar-refractivity contribution in [3.05, 3.63) is 30.9 Å². The van der Waals surface area contributed by atoms with Crippen LogP contribution in [0.1, 0.15) is 12.8 Å². The van der Waals surface area contributed by atoms with Gasteiger partial charge in [0.05, 0.1) is 6.10 Å². The molecule has 0 radical (unpaired) electrons. The van der Waals surface area contributed by atoms with Gasteiger partial charge < -0.3 is 15.3 Å². The first-order valence-electron chi connectivity index (χ1n) is 7.47. The Balaban J connectivity index is 1.60. The second-order valence-corrected chi connectivity index (χ2v) is 5.41. The molecule has 4 heterocycles. The van der Waals surface area contributed by atoms with E-state index in [2.05, 4.69) is 35.3 Å². The Kier molecular flexibility index (Phi) is 3.46. The summed E-state index contributed by atoms with van der Waals surface area (Å²) in [5.74, 6) is 2.45. The summed E-state index contributed by atoms with van der Waals surface area (Å²) in [6, 6.07) is 3.63. The summed E-state index contributed by atoms with van der Waals surface area (Å²) in [4.78, 5) is 19.0. The predicted octanol–water partition coefficient (Wildman–Crippen LogP) is 0.619. The van der Waals surface area contributed by atoms with Gasteiger partial charge in [-0.05, 0) is 25.0 Å². The molecular weight excluding hydrogens is 296 g/mol. The molecule has 9 heteroatoms. The van der Waals surface area contributed by atoms with E-state index in [1.807, 2.05) is 6.07 Å².